The molecule has 1 unspecified atom stereocenters. The van der Waals surface area contributed by atoms with Crippen molar-refractivity contribution in [3.8, 4) is 0 Å². The van der Waals surface area contributed by atoms with E-state index in [1.165, 1.54) is 22.9 Å². The number of nitrogens with zero attached hydrogens (tertiary/aromatic N) is 1. The summed E-state index contributed by atoms with van der Waals surface area (Å²) in [6, 6.07) is 8.23. The fourth-order valence-electron chi connectivity index (χ4n) is 2.79. The Morgan fingerprint density at radius 1 is 1.24 bits per heavy atom. The summed E-state index contributed by atoms with van der Waals surface area (Å²) in [5.74, 6) is 0. The van der Waals surface area contributed by atoms with Gasteiger partial charge in [-0.15, -0.1) is 0 Å². The fourth-order valence-corrected chi connectivity index (χ4v) is 3.98. The zero-order chi connectivity index (χ0) is 21.2. The van der Waals surface area contributed by atoms with E-state index in [2.05, 4.69) is 38.5 Å². The third-order valence-corrected chi connectivity index (χ3v) is 5.96. The van der Waals surface area contributed by atoms with Crippen LogP contribution in [-0.4, -0.2) is 18.9 Å². The highest BCUT2D eigenvalue weighted by atomic mass is 79.9. The van der Waals surface area contributed by atoms with Gasteiger partial charge < -0.3 is 10.6 Å². The number of sulfonamides is 1. The standard InChI is InChI=1S/C18H18BrF3N4O2S/c1-2-3-13-8-12(6-7-23-13)17-24-10-16(25-17)11-4-5-15(14(19)9-11)26-29(27,28)18(20,21)22/h4-10,17,24-26H,2-3H2,1H3. The molecule has 0 saturated heterocycles. The summed E-state index contributed by atoms with van der Waals surface area (Å²) in [7, 11) is -5.49. The first-order valence-electron chi connectivity index (χ1n) is 8.67. The van der Waals surface area contributed by atoms with Gasteiger partial charge in [-0.25, -0.2) is 0 Å². The summed E-state index contributed by atoms with van der Waals surface area (Å²) in [4.78, 5) is 4.33. The van der Waals surface area contributed by atoms with Crippen LogP contribution in [0.4, 0.5) is 18.9 Å². The largest absolute Gasteiger partial charge is 0.516 e. The monoisotopic (exact) mass is 490 g/mol. The van der Waals surface area contributed by atoms with Crippen molar-refractivity contribution in [2.45, 2.75) is 31.4 Å². The predicted molar refractivity (Wildman–Crippen MR) is 108 cm³/mol. The van der Waals surface area contributed by atoms with Crippen LogP contribution in [0.3, 0.4) is 0 Å². The van der Waals surface area contributed by atoms with Gasteiger partial charge in [0.2, 0.25) is 0 Å². The van der Waals surface area contributed by atoms with Gasteiger partial charge >= 0.3 is 15.5 Å². The van der Waals surface area contributed by atoms with Crippen molar-refractivity contribution in [3.63, 3.8) is 0 Å². The molecule has 11 heteroatoms. The summed E-state index contributed by atoms with van der Waals surface area (Å²) in [6.45, 7) is 2.08. The van der Waals surface area contributed by atoms with Crippen LogP contribution in [0.1, 0.15) is 36.3 Å². The molecule has 0 fully saturated rings. The van der Waals surface area contributed by atoms with Crippen LogP contribution < -0.4 is 15.4 Å². The quantitative estimate of drug-likeness (QED) is 0.563. The number of benzene rings is 1. The lowest BCUT2D eigenvalue weighted by molar-refractivity contribution is -0.0429. The minimum absolute atomic E-state index is 0.175. The molecule has 0 saturated carbocycles. The number of alkyl halides is 3. The third-order valence-electron chi connectivity index (χ3n) is 4.20. The average molecular weight is 491 g/mol. The van der Waals surface area contributed by atoms with E-state index >= 15 is 0 Å². The molecule has 0 amide bonds. The molecule has 1 atom stereocenters. The Labute approximate surface area is 174 Å². The van der Waals surface area contributed by atoms with Crippen LogP contribution in [0.2, 0.25) is 0 Å². The minimum atomic E-state index is -5.49. The molecule has 0 spiro atoms. The van der Waals surface area contributed by atoms with Gasteiger partial charge in [-0.1, -0.05) is 19.4 Å². The highest BCUT2D eigenvalue weighted by Crippen LogP contribution is 2.32. The lowest BCUT2D eigenvalue weighted by Gasteiger charge is -2.16. The second-order valence-corrected chi connectivity index (χ2v) is 8.91. The topological polar surface area (TPSA) is 83.1 Å². The first-order chi connectivity index (χ1) is 13.6. The van der Waals surface area contributed by atoms with Crippen molar-refractivity contribution < 1.29 is 21.6 Å². The number of aromatic nitrogens is 1. The van der Waals surface area contributed by atoms with Crippen LogP contribution in [0, 0.1) is 0 Å². The summed E-state index contributed by atoms with van der Waals surface area (Å²) in [5, 5.41) is 6.50. The molecule has 29 heavy (non-hydrogen) atoms. The molecule has 2 heterocycles. The van der Waals surface area contributed by atoms with Gasteiger partial charge in [0.1, 0.15) is 6.17 Å². The van der Waals surface area contributed by atoms with E-state index in [4.69, 9.17) is 0 Å². The summed E-state index contributed by atoms with van der Waals surface area (Å²) >= 11 is 3.12. The highest BCUT2D eigenvalue weighted by molar-refractivity contribution is 9.10. The van der Waals surface area contributed by atoms with Gasteiger partial charge in [-0.2, -0.15) is 21.6 Å². The maximum absolute atomic E-state index is 12.6. The number of nitrogens with one attached hydrogen (secondary N) is 3. The normalized spacial score (nSPS) is 16.7. The Kier molecular flexibility index (Phi) is 6.08. The molecule has 1 aliphatic heterocycles. The van der Waals surface area contributed by atoms with E-state index in [-0.39, 0.29) is 16.3 Å². The van der Waals surface area contributed by atoms with Crippen LogP contribution >= 0.6 is 15.9 Å². The zero-order valence-corrected chi connectivity index (χ0v) is 17.6. The first kappa shape index (κ1) is 21.4. The van der Waals surface area contributed by atoms with Gasteiger partial charge in [-0.05, 0) is 52.2 Å². The number of halogens is 4. The maximum Gasteiger partial charge on any atom is 0.516 e. The molecular formula is C18H18BrF3N4O2S. The number of anilines is 1. The molecule has 0 radical (unpaired) electrons. The van der Waals surface area contributed by atoms with Crippen molar-refractivity contribution in [3.05, 3.63) is 64.0 Å². The van der Waals surface area contributed by atoms with Crippen molar-refractivity contribution in [1.82, 2.24) is 15.6 Å². The Hall–Kier alpha value is -2.27. The Morgan fingerprint density at radius 3 is 2.66 bits per heavy atom. The van der Waals surface area contributed by atoms with Gasteiger partial charge in [-0.3, -0.25) is 9.71 Å². The molecular weight excluding hydrogens is 473 g/mol. The number of pyridine rings is 1. The van der Waals surface area contributed by atoms with Crippen molar-refractivity contribution in [2.75, 3.05) is 4.72 Å². The lowest BCUT2D eigenvalue weighted by Crippen LogP contribution is -2.30. The van der Waals surface area contributed by atoms with Crippen LogP contribution in [0.15, 0.2) is 47.2 Å². The van der Waals surface area contributed by atoms with Gasteiger partial charge in [0.25, 0.3) is 0 Å². The molecule has 1 aromatic carbocycles. The van der Waals surface area contributed by atoms with Crippen LogP contribution in [0.5, 0.6) is 0 Å². The predicted octanol–water partition coefficient (Wildman–Crippen LogP) is 4.25. The second kappa shape index (κ2) is 8.23. The van der Waals surface area contributed by atoms with E-state index in [1.54, 1.807) is 12.4 Å². The Morgan fingerprint density at radius 2 is 2.00 bits per heavy atom. The van der Waals surface area contributed by atoms with Crippen LogP contribution in [-0.2, 0) is 16.4 Å². The van der Waals surface area contributed by atoms with Gasteiger partial charge in [0.05, 0.1) is 11.4 Å². The van der Waals surface area contributed by atoms with E-state index < -0.39 is 15.5 Å². The molecule has 3 N–H and O–H groups in total. The SMILES string of the molecule is CCCc1cc(C2NC=C(c3ccc(NS(=O)(=O)C(F)(F)F)c(Br)c3)N2)ccn1. The van der Waals surface area contributed by atoms with E-state index in [9.17, 15) is 21.6 Å². The van der Waals surface area contributed by atoms with Crippen LogP contribution in [0.25, 0.3) is 5.70 Å². The zero-order valence-electron chi connectivity index (χ0n) is 15.2. The number of hydrogen-bond acceptors (Lipinski definition) is 5. The molecule has 1 aromatic heterocycles. The van der Waals surface area contributed by atoms with Crippen molar-refractivity contribution >= 4 is 37.3 Å². The number of rotatable bonds is 6. The summed E-state index contributed by atoms with van der Waals surface area (Å²) in [6.07, 6.45) is 5.20. The molecule has 0 aliphatic carbocycles. The molecule has 3 rings (SSSR count). The maximum atomic E-state index is 12.6. The molecule has 0 bridgehead atoms. The second-order valence-electron chi connectivity index (χ2n) is 6.38. The minimum Gasteiger partial charge on any atom is -0.366 e. The van der Waals surface area contributed by atoms with Crippen molar-refractivity contribution in [2.24, 2.45) is 0 Å². The summed E-state index contributed by atoms with van der Waals surface area (Å²) < 4.78 is 62.0. The van der Waals surface area contributed by atoms with E-state index in [0.717, 1.165) is 29.8 Å². The molecule has 2 aromatic rings. The number of aryl methyl sites for hydroxylation is 1. The molecule has 156 valence electrons. The molecule has 6 nitrogen and oxygen atoms in total. The van der Waals surface area contributed by atoms with Crippen molar-refractivity contribution in [1.29, 1.82) is 0 Å². The Balaban J connectivity index is 1.74. The lowest BCUT2D eigenvalue weighted by atomic mass is 10.1. The smallest absolute Gasteiger partial charge is 0.366 e. The number of hydrogen-bond donors (Lipinski definition) is 3. The van der Waals surface area contributed by atoms with Gasteiger partial charge in [0.15, 0.2) is 0 Å². The van der Waals surface area contributed by atoms with E-state index in [0.29, 0.717) is 5.56 Å². The average Bonchev–Trinajstić information content (AvgIpc) is 3.13. The van der Waals surface area contributed by atoms with Gasteiger partial charge in [0, 0.05) is 28.1 Å². The third kappa shape index (κ3) is 4.84. The summed E-state index contributed by atoms with van der Waals surface area (Å²) in [5.41, 5.74) is -2.21. The Bertz CT molecular complexity index is 1040. The highest BCUT2D eigenvalue weighted by Gasteiger charge is 2.46. The first-order valence-corrected chi connectivity index (χ1v) is 10.9. The van der Waals surface area contributed by atoms with E-state index in [1.807, 2.05) is 12.1 Å². The molecule has 1 aliphatic rings. The fraction of sp³-hybridized carbons (Fsp3) is 0.278.